The average molecular weight is 256 g/mol. The SMILES string of the molecule is O=CC1OC(c2ccccc2F)Cc2ccccc21. The summed E-state index contributed by atoms with van der Waals surface area (Å²) < 4.78 is 19.5. The molecule has 19 heavy (non-hydrogen) atoms. The second kappa shape index (κ2) is 4.94. The van der Waals surface area contributed by atoms with Crippen LogP contribution < -0.4 is 0 Å². The van der Waals surface area contributed by atoms with Gasteiger partial charge >= 0.3 is 0 Å². The molecule has 3 heteroatoms. The molecule has 2 aromatic rings. The molecule has 3 rings (SSSR count). The van der Waals surface area contributed by atoms with Crippen LogP contribution in [0.5, 0.6) is 0 Å². The molecule has 96 valence electrons. The highest BCUT2D eigenvalue weighted by molar-refractivity contribution is 5.62. The van der Waals surface area contributed by atoms with Gasteiger partial charge in [0.05, 0.1) is 6.10 Å². The number of carbonyl (C=O) groups is 1. The smallest absolute Gasteiger partial charge is 0.153 e. The Balaban J connectivity index is 2.00. The fourth-order valence-electron chi connectivity index (χ4n) is 2.52. The van der Waals surface area contributed by atoms with Crippen molar-refractivity contribution in [3.63, 3.8) is 0 Å². The van der Waals surface area contributed by atoms with Crippen molar-refractivity contribution in [2.75, 3.05) is 0 Å². The van der Waals surface area contributed by atoms with E-state index in [9.17, 15) is 9.18 Å². The van der Waals surface area contributed by atoms with Crippen LogP contribution in [0.15, 0.2) is 48.5 Å². The number of halogens is 1. The molecule has 2 unspecified atom stereocenters. The lowest BCUT2D eigenvalue weighted by molar-refractivity contribution is -0.124. The molecule has 1 aliphatic heterocycles. The first-order valence-corrected chi connectivity index (χ1v) is 6.22. The summed E-state index contributed by atoms with van der Waals surface area (Å²) in [5, 5.41) is 0. The molecule has 1 aliphatic rings. The maximum atomic E-state index is 13.8. The van der Waals surface area contributed by atoms with Crippen molar-refractivity contribution in [1.82, 2.24) is 0 Å². The zero-order valence-electron chi connectivity index (χ0n) is 10.3. The lowest BCUT2D eigenvalue weighted by Gasteiger charge is -2.29. The van der Waals surface area contributed by atoms with E-state index < -0.39 is 12.2 Å². The fourth-order valence-corrected chi connectivity index (χ4v) is 2.52. The number of benzene rings is 2. The van der Waals surface area contributed by atoms with Crippen molar-refractivity contribution in [2.45, 2.75) is 18.6 Å². The summed E-state index contributed by atoms with van der Waals surface area (Å²) >= 11 is 0. The minimum atomic E-state index is -0.616. The molecule has 0 spiro atoms. The quantitative estimate of drug-likeness (QED) is 0.770. The molecule has 2 atom stereocenters. The van der Waals surface area contributed by atoms with E-state index >= 15 is 0 Å². The Labute approximate surface area is 110 Å². The van der Waals surface area contributed by atoms with Gasteiger partial charge in [-0.1, -0.05) is 42.5 Å². The summed E-state index contributed by atoms with van der Waals surface area (Å²) in [6.07, 6.45) is 0.327. The number of aldehydes is 1. The van der Waals surface area contributed by atoms with Crippen LogP contribution in [0.2, 0.25) is 0 Å². The van der Waals surface area contributed by atoms with Crippen molar-refractivity contribution in [3.8, 4) is 0 Å². The molecule has 0 aliphatic carbocycles. The number of carbonyl (C=O) groups excluding carboxylic acids is 1. The molecule has 0 amide bonds. The van der Waals surface area contributed by atoms with Gasteiger partial charge in [0.2, 0.25) is 0 Å². The van der Waals surface area contributed by atoms with Gasteiger partial charge in [-0.15, -0.1) is 0 Å². The largest absolute Gasteiger partial charge is 0.358 e. The summed E-state index contributed by atoms with van der Waals surface area (Å²) in [4.78, 5) is 11.2. The minimum Gasteiger partial charge on any atom is -0.358 e. The Hall–Kier alpha value is -2.00. The van der Waals surface area contributed by atoms with Gasteiger partial charge in [-0.2, -0.15) is 0 Å². The second-order valence-electron chi connectivity index (χ2n) is 4.61. The summed E-state index contributed by atoms with van der Waals surface area (Å²) in [5.74, 6) is -0.295. The van der Waals surface area contributed by atoms with E-state index in [0.29, 0.717) is 12.0 Å². The van der Waals surface area contributed by atoms with Crippen molar-refractivity contribution in [3.05, 3.63) is 71.0 Å². The molecule has 0 aromatic heterocycles. The van der Waals surface area contributed by atoms with Gasteiger partial charge in [-0.3, -0.25) is 0 Å². The van der Waals surface area contributed by atoms with Crippen LogP contribution in [0.3, 0.4) is 0 Å². The number of fused-ring (bicyclic) bond motifs is 1. The molecular weight excluding hydrogens is 243 g/mol. The first-order valence-electron chi connectivity index (χ1n) is 6.22. The highest BCUT2D eigenvalue weighted by atomic mass is 19.1. The summed E-state index contributed by atoms with van der Waals surface area (Å²) in [5.41, 5.74) is 2.42. The highest BCUT2D eigenvalue weighted by Crippen LogP contribution is 2.37. The summed E-state index contributed by atoms with van der Waals surface area (Å²) in [6.45, 7) is 0. The van der Waals surface area contributed by atoms with Gasteiger partial charge in [0.15, 0.2) is 6.29 Å². The molecule has 0 saturated carbocycles. The lowest BCUT2D eigenvalue weighted by Crippen LogP contribution is -2.21. The van der Waals surface area contributed by atoms with Crippen LogP contribution in [-0.4, -0.2) is 6.29 Å². The second-order valence-corrected chi connectivity index (χ2v) is 4.61. The van der Waals surface area contributed by atoms with E-state index in [4.69, 9.17) is 4.74 Å². The molecule has 0 bridgehead atoms. The average Bonchev–Trinajstić information content (AvgIpc) is 2.46. The Bertz CT molecular complexity index is 609. The fraction of sp³-hybridized carbons (Fsp3) is 0.188. The van der Waals surface area contributed by atoms with Crippen molar-refractivity contribution in [2.24, 2.45) is 0 Å². The normalized spacial score (nSPS) is 21.7. The molecular formula is C16H13FO2. The predicted molar refractivity (Wildman–Crippen MR) is 69.2 cm³/mol. The Morgan fingerprint density at radius 1 is 1.05 bits per heavy atom. The van der Waals surface area contributed by atoms with Crippen LogP contribution in [0.25, 0.3) is 0 Å². The van der Waals surface area contributed by atoms with E-state index in [1.165, 1.54) is 6.07 Å². The van der Waals surface area contributed by atoms with Gasteiger partial charge in [-0.05, 0) is 17.2 Å². The van der Waals surface area contributed by atoms with Crippen molar-refractivity contribution >= 4 is 6.29 Å². The van der Waals surface area contributed by atoms with Crippen LogP contribution in [0.1, 0.15) is 28.9 Å². The molecule has 0 saturated heterocycles. The molecule has 0 fully saturated rings. The lowest BCUT2D eigenvalue weighted by atomic mass is 9.91. The van der Waals surface area contributed by atoms with Crippen molar-refractivity contribution < 1.29 is 13.9 Å². The van der Waals surface area contributed by atoms with Crippen LogP contribution in [0.4, 0.5) is 4.39 Å². The minimum absolute atomic E-state index is 0.295. The van der Waals surface area contributed by atoms with Gasteiger partial charge < -0.3 is 9.53 Å². The maximum Gasteiger partial charge on any atom is 0.153 e. The molecule has 0 radical (unpaired) electrons. The van der Waals surface area contributed by atoms with Gasteiger partial charge in [0, 0.05) is 12.0 Å². The zero-order chi connectivity index (χ0) is 13.2. The molecule has 2 aromatic carbocycles. The number of ether oxygens (including phenoxy) is 1. The van der Waals surface area contributed by atoms with E-state index in [-0.39, 0.29) is 5.82 Å². The topological polar surface area (TPSA) is 26.3 Å². The molecule has 1 heterocycles. The predicted octanol–water partition coefficient (Wildman–Crippen LogP) is 3.38. The monoisotopic (exact) mass is 256 g/mol. The third-order valence-electron chi connectivity index (χ3n) is 3.45. The van der Waals surface area contributed by atoms with Crippen molar-refractivity contribution in [1.29, 1.82) is 0 Å². The summed E-state index contributed by atoms with van der Waals surface area (Å²) in [7, 11) is 0. The van der Waals surface area contributed by atoms with Gasteiger partial charge in [0.25, 0.3) is 0 Å². The third kappa shape index (κ3) is 2.17. The van der Waals surface area contributed by atoms with E-state index in [1.807, 2.05) is 24.3 Å². The molecule has 2 nitrogen and oxygen atoms in total. The van der Waals surface area contributed by atoms with E-state index in [1.54, 1.807) is 18.2 Å². The first kappa shape index (κ1) is 12.1. The highest BCUT2D eigenvalue weighted by Gasteiger charge is 2.29. The first-order chi connectivity index (χ1) is 9.29. The third-order valence-corrected chi connectivity index (χ3v) is 3.45. The zero-order valence-corrected chi connectivity index (χ0v) is 10.3. The van der Waals surface area contributed by atoms with E-state index in [0.717, 1.165) is 17.4 Å². The Morgan fingerprint density at radius 3 is 2.47 bits per heavy atom. The Kier molecular flexibility index (Phi) is 3.13. The number of hydrogen-bond donors (Lipinski definition) is 0. The van der Waals surface area contributed by atoms with E-state index in [2.05, 4.69) is 0 Å². The Morgan fingerprint density at radius 2 is 1.74 bits per heavy atom. The maximum absolute atomic E-state index is 13.8. The number of hydrogen-bond acceptors (Lipinski definition) is 2. The van der Waals surface area contributed by atoms with Crippen LogP contribution >= 0.6 is 0 Å². The van der Waals surface area contributed by atoms with Gasteiger partial charge in [-0.25, -0.2) is 4.39 Å². The van der Waals surface area contributed by atoms with Crippen LogP contribution in [0, 0.1) is 5.82 Å². The summed E-state index contributed by atoms with van der Waals surface area (Å²) in [6, 6.07) is 14.2. The standard InChI is InChI=1S/C16H13FO2/c17-14-8-4-3-7-13(14)15-9-11-5-1-2-6-12(11)16(10-18)19-15/h1-8,10,15-16H,9H2. The number of rotatable bonds is 2. The van der Waals surface area contributed by atoms with Gasteiger partial charge in [0.1, 0.15) is 11.9 Å². The molecule has 0 N–H and O–H groups in total. The van der Waals surface area contributed by atoms with Crippen LogP contribution in [-0.2, 0) is 16.0 Å².